The third kappa shape index (κ3) is 2.26. The first kappa shape index (κ1) is 13.7. The van der Waals surface area contributed by atoms with E-state index < -0.39 is 0 Å². The highest BCUT2D eigenvalue weighted by Crippen LogP contribution is 2.52. The molecule has 0 amide bonds. The van der Waals surface area contributed by atoms with Crippen LogP contribution in [0.4, 0.5) is 0 Å². The summed E-state index contributed by atoms with van der Waals surface area (Å²) in [6.45, 7) is 7.48. The van der Waals surface area contributed by atoms with Gasteiger partial charge < -0.3 is 9.30 Å². The van der Waals surface area contributed by atoms with Gasteiger partial charge in [0.1, 0.15) is 11.3 Å². The molecular weight excluding hydrogens is 274 g/mol. The van der Waals surface area contributed by atoms with E-state index in [0.29, 0.717) is 17.2 Å². The third-order valence-electron chi connectivity index (χ3n) is 4.28. The Morgan fingerprint density at radius 2 is 2.15 bits per heavy atom. The molecule has 4 nitrogen and oxygen atoms in total. The summed E-state index contributed by atoms with van der Waals surface area (Å²) in [6.07, 6.45) is 1.24. The number of imidazole rings is 1. The average molecular weight is 294 g/mol. The predicted octanol–water partition coefficient (Wildman–Crippen LogP) is 3.79. The van der Waals surface area contributed by atoms with Crippen LogP contribution in [0.2, 0.25) is 0 Å². The number of alkyl halides is 1. The van der Waals surface area contributed by atoms with Gasteiger partial charge in [-0.15, -0.1) is 11.6 Å². The van der Waals surface area contributed by atoms with E-state index in [4.69, 9.17) is 16.3 Å². The van der Waals surface area contributed by atoms with Gasteiger partial charge in [0.05, 0.1) is 12.5 Å². The Kier molecular flexibility index (Phi) is 3.16. The topological polar surface area (TPSA) is 39.9 Å². The molecule has 0 spiro atoms. The first-order chi connectivity index (χ1) is 9.42. The minimum Gasteiger partial charge on any atom is -0.481 e. The Balaban J connectivity index is 2.07. The molecule has 0 radical (unpaired) electrons. The van der Waals surface area contributed by atoms with Gasteiger partial charge in [0.2, 0.25) is 5.88 Å². The summed E-state index contributed by atoms with van der Waals surface area (Å²) in [7, 11) is 1.63. The van der Waals surface area contributed by atoms with E-state index in [0.717, 1.165) is 23.5 Å². The monoisotopic (exact) mass is 293 g/mol. The van der Waals surface area contributed by atoms with Gasteiger partial charge in [0.25, 0.3) is 0 Å². The van der Waals surface area contributed by atoms with E-state index in [-0.39, 0.29) is 5.38 Å². The number of pyridine rings is 1. The molecule has 0 bridgehead atoms. The van der Waals surface area contributed by atoms with Crippen LogP contribution in [-0.4, -0.2) is 21.6 Å². The molecule has 2 unspecified atom stereocenters. The van der Waals surface area contributed by atoms with E-state index in [1.54, 1.807) is 7.11 Å². The molecule has 0 N–H and O–H groups in total. The minimum absolute atomic E-state index is 0.128. The zero-order chi connectivity index (χ0) is 14.5. The number of ether oxygens (including phenoxy) is 1. The zero-order valence-electron chi connectivity index (χ0n) is 12.4. The summed E-state index contributed by atoms with van der Waals surface area (Å²) in [4.78, 5) is 9.17. The van der Waals surface area contributed by atoms with Crippen LogP contribution in [0, 0.1) is 11.3 Å². The van der Waals surface area contributed by atoms with E-state index in [1.165, 1.54) is 6.42 Å². The van der Waals surface area contributed by atoms with Crippen LogP contribution in [0.3, 0.4) is 0 Å². The van der Waals surface area contributed by atoms with Crippen molar-refractivity contribution in [3.63, 3.8) is 0 Å². The summed E-state index contributed by atoms with van der Waals surface area (Å²) in [6, 6.07) is 3.78. The first-order valence-corrected chi connectivity index (χ1v) is 7.41. The zero-order valence-corrected chi connectivity index (χ0v) is 13.1. The Hall–Kier alpha value is -1.29. The summed E-state index contributed by atoms with van der Waals surface area (Å²) in [5, 5.41) is -0.128. The Bertz CT molecular complexity index is 648. The standard InChI is InChI=1S/C15H20ClN3O/c1-9(16)13-17-11-5-6-12(20-4)18-14(11)19(13)8-10-7-15(10,2)3/h5-6,9-10H,7-8H2,1-4H3. The van der Waals surface area contributed by atoms with Gasteiger partial charge in [-0.2, -0.15) is 4.98 Å². The molecule has 108 valence electrons. The molecular formula is C15H20ClN3O. The van der Waals surface area contributed by atoms with Crippen molar-refractivity contribution in [1.29, 1.82) is 0 Å². The third-order valence-corrected chi connectivity index (χ3v) is 4.48. The maximum Gasteiger partial charge on any atom is 0.215 e. The lowest BCUT2D eigenvalue weighted by molar-refractivity contribution is 0.398. The van der Waals surface area contributed by atoms with Crippen LogP contribution < -0.4 is 4.74 Å². The molecule has 0 saturated heterocycles. The van der Waals surface area contributed by atoms with Gasteiger partial charge in [0.15, 0.2) is 5.65 Å². The number of aromatic nitrogens is 3. The molecule has 2 aromatic rings. The number of hydrogen-bond acceptors (Lipinski definition) is 3. The average Bonchev–Trinajstić information content (AvgIpc) is 2.83. The first-order valence-electron chi connectivity index (χ1n) is 6.97. The Labute approximate surface area is 124 Å². The second kappa shape index (κ2) is 4.62. The maximum absolute atomic E-state index is 6.29. The molecule has 2 aromatic heterocycles. The van der Waals surface area contributed by atoms with Crippen LogP contribution in [-0.2, 0) is 6.54 Å². The molecule has 0 aromatic carbocycles. The quantitative estimate of drug-likeness (QED) is 0.805. The van der Waals surface area contributed by atoms with Crippen molar-refractivity contribution >= 4 is 22.8 Å². The van der Waals surface area contributed by atoms with Crippen LogP contribution in [0.25, 0.3) is 11.2 Å². The fraction of sp³-hybridized carbons (Fsp3) is 0.600. The molecule has 2 heterocycles. The molecule has 1 saturated carbocycles. The van der Waals surface area contributed by atoms with Crippen molar-refractivity contribution in [1.82, 2.24) is 14.5 Å². The van der Waals surface area contributed by atoms with Gasteiger partial charge in [0, 0.05) is 12.6 Å². The largest absolute Gasteiger partial charge is 0.481 e. The number of halogens is 1. The Morgan fingerprint density at radius 3 is 2.70 bits per heavy atom. The molecule has 5 heteroatoms. The lowest BCUT2D eigenvalue weighted by atomic mass is 10.1. The molecule has 1 aliphatic rings. The van der Waals surface area contributed by atoms with Gasteiger partial charge in [-0.05, 0) is 30.7 Å². The van der Waals surface area contributed by atoms with Crippen LogP contribution in [0.1, 0.15) is 38.4 Å². The lowest BCUT2D eigenvalue weighted by Gasteiger charge is -2.11. The smallest absolute Gasteiger partial charge is 0.215 e. The van der Waals surface area contributed by atoms with Gasteiger partial charge in [-0.1, -0.05) is 13.8 Å². The number of fused-ring (bicyclic) bond motifs is 1. The fourth-order valence-electron chi connectivity index (χ4n) is 2.71. The highest BCUT2D eigenvalue weighted by molar-refractivity contribution is 6.20. The van der Waals surface area contributed by atoms with Crippen LogP contribution in [0.15, 0.2) is 12.1 Å². The number of rotatable bonds is 4. The molecule has 20 heavy (non-hydrogen) atoms. The highest BCUT2D eigenvalue weighted by Gasteiger charge is 2.46. The number of hydrogen-bond donors (Lipinski definition) is 0. The summed E-state index contributed by atoms with van der Waals surface area (Å²) in [5.41, 5.74) is 2.17. The van der Waals surface area contributed by atoms with Gasteiger partial charge in [-0.25, -0.2) is 4.98 Å². The highest BCUT2D eigenvalue weighted by atomic mass is 35.5. The fourth-order valence-corrected chi connectivity index (χ4v) is 2.87. The van der Waals surface area contributed by atoms with Crippen molar-refractivity contribution in [2.45, 2.75) is 39.1 Å². The second-order valence-electron chi connectivity index (χ2n) is 6.28. The minimum atomic E-state index is -0.128. The van der Waals surface area contributed by atoms with Crippen molar-refractivity contribution in [3.8, 4) is 5.88 Å². The van der Waals surface area contributed by atoms with Gasteiger partial charge >= 0.3 is 0 Å². The van der Waals surface area contributed by atoms with Crippen molar-refractivity contribution in [2.75, 3.05) is 7.11 Å². The van der Waals surface area contributed by atoms with Crippen molar-refractivity contribution in [2.24, 2.45) is 11.3 Å². The van der Waals surface area contributed by atoms with E-state index in [1.807, 2.05) is 19.1 Å². The van der Waals surface area contributed by atoms with Crippen molar-refractivity contribution < 1.29 is 4.74 Å². The van der Waals surface area contributed by atoms with Crippen LogP contribution in [0.5, 0.6) is 5.88 Å². The predicted molar refractivity (Wildman–Crippen MR) is 80.2 cm³/mol. The summed E-state index contributed by atoms with van der Waals surface area (Å²) >= 11 is 6.29. The van der Waals surface area contributed by atoms with E-state index in [9.17, 15) is 0 Å². The molecule has 0 aliphatic heterocycles. The van der Waals surface area contributed by atoms with Gasteiger partial charge in [-0.3, -0.25) is 0 Å². The second-order valence-corrected chi connectivity index (χ2v) is 6.94. The van der Waals surface area contributed by atoms with Crippen LogP contribution >= 0.6 is 11.6 Å². The maximum atomic E-state index is 6.29. The molecule has 1 aliphatic carbocycles. The SMILES string of the molecule is COc1ccc2nc(C(C)Cl)n(CC3CC3(C)C)c2n1. The number of nitrogens with zero attached hydrogens (tertiary/aromatic N) is 3. The normalized spacial score (nSPS) is 21.9. The van der Waals surface area contributed by atoms with E-state index in [2.05, 4.69) is 28.4 Å². The van der Waals surface area contributed by atoms with Crippen molar-refractivity contribution in [3.05, 3.63) is 18.0 Å². The van der Waals surface area contributed by atoms with E-state index >= 15 is 0 Å². The molecule has 1 fully saturated rings. The summed E-state index contributed by atoms with van der Waals surface area (Å²) in [5.74, 6) is 2.18. The lowest BCUT2D eigenvalue weighted by Crippen LogP contribution is -2.09. The molecule has 3 rings (SSSR count). The summed E-state index contributed by atoms with van der Waals surface area (Å²) < 4.78 is 7.39. The number of methoxy groups -OCH3 is 1. The Morgan fingerprint density at radius 1 is 1.45 bits per heavy atom. The molecule has 2 atom stereocenters.